The SMILES string of the molecule is CCc1cc(C(F)(F)F)cc2c1ccn2C. The van der Waals surface area contributed by atoms with Crippen molar-refractivity contribution in [2.45, 2.75) is 19.5 Å². The van der Waals surface area contributed by atoms with E-state index in [2.05, 4.69) is 0 Å². The molecule has 1 nitrogen and oxygen atoms in total. The molecule has 2 rings (SSSR count). The third-order valence-corrected chi connectivity index (χ3v) is 2.80. The number of rotatable bonds is 1. The lowest BCUT2D eigenvalue weighted by Crippen LogP contribution is -2.06. The van der Waals surface area contributed by atoms with Crippen molar-refractivity contribution in [3.63, 3.8) is 0 Å². The van der Waals surface area contributed by atoms with Crippen LogP contribution in [-0.2, 0) is 19.6 Å². The maximum Gasteiger partial charge on any atom is 0.416 e. The summed E-state index contributed by atoms with van der Waals surface area (Å²) in [6.07, 6.45) is -1.89. The maximum atomic E-state index is 12.7. The molecule has 0 aliphatic carbocycles. The fourth-order valence-electron chi connectivity index (χ4n) is 1.90. The number of alkyl halides is 3. The molecular formula is C12H12F3N. The average molecular weight is 227 g/mol. The van der Waals surface area contributed by atoms with Crippen molar-refractivity contribution in [1.29, 1.82) is 0 Å². The van der Waals surface area contributed by atoms with E-state index in [1.165, 1.54) is 12.1 Å². The number of fused-ring (bicyclic) bond motifs is 1. The standard InChI is InChI=1S/C12H12F3N/c1-3-8-6-9(12(13,14)15)7-11-10(8)4-5-16(11)2/h4-7H,3H2,1-2H3. The molecule has 1 aromatic carbocycles. The number of hydrogen-bond donors (Lipinski definition) is 0. The van der Waals surface area contributed by atoms with Crippen LogP contribution in [0.1, 0.15) is 18.1 Å². The first kappa shape index (κ1) is 11.0. The van der Waals surface area contributed by atoms with E-state index in [-0.39, 0.29) is 0 Å². The van der Waals surface area contributed by atoms with Crippen molar-refractivity contribution in [2.24, 2.45) is 7.05 Å². The van der Waals surface area contributed by atoms with E-state index < -0.39 is 11.7 Å². The first-order chi connectivity index (χ1) is 7.43. The quantitative estimate of drug-likeness (QED) is 0.699. The average Bonchev–Trinajstić information content (AvgIpc) is 2.58. The van der Waals surface area contributed by atoms with Crippen LogP contribution in [0.25, 0.3) is 10.9 Å². The van der Waals surface area contributed by atoms with Crippen LogP contribution in [0.2, 0.25) is 0 Å². The van der Waals surface area contributed by atoms with Crippen LogP contribution in [0.15, 0.2) is 24.4 Å². The Morgan fingerprint density at radius 1 is 1.25 bits per heavy atom. The van der Waals surface area contributed by atoms with Crippen LogP contribution in [0.5, 0.6) is 0 Å². The summed E-state index contributed by atoms with van der Waals surface area (Å²) in [5, 5.41) is 0.901. The minimum absolute atomic E-state index is 0.571. The zero-order valence-corrected chi connectivity index (χ0v) is 9.10. The van der Waals surface area contributed by atoms with Gasteiger partial charge in [-0.1, -0.05) is 6.92 Å². The van der Waals surface area contributed by atoms with Gasteiger partial charge in [-0.3, -0.25) is 0 Å². The molecular weight excluding hydrogens is 215 g/mol. The summed E-state index contributed by atoms with van der Waals surface area (Å²) in [5.41, 5.74) is 0.802. The summed E-state index contributed by atoms with van der Waals surface area (Å²) < 4.78 is 39.7. The lowest BCUT2D eigenvalue weighted by atomic mass is 10.0. The summed E-state index contributed by atoms with van der Waals surface area (Å²) in [5.74, 6) is 0. The molecule has 0 aliphatic heterocycles. The van der Waals surface area contributed by atoms with Gasteiger partial charge in [0.25, 0.3) is 0 Å². The first-order valence-electron chi connectivity index (χ1n) is 5.08. The Morgan fingerprint density at radius 2 is 1.94 bits per heavy atom. The molecule has 86 valence electrons. The third-order valence-electron chi connectivity index (χ3n) is 2.80. The topological polar surface area (TPSA) is 4.93 Å². The van der Waals surface area contributed by atoms with E-state index in [9.17, 15) is 13.2 Å². The lowest BCUT2D eigenvalue weighted by Gasteiger charge is -2.10. The summed E-state index contributed by atoms with van der Waals surface area (Å²) in [4.78, 5) is 0. The molecule has 0 fully saturated rings. The molecule has 0 saturated heterocycles. The zero-order chi connectivity index (χ0) is 11.9. The van der Waals surface area contributed by atoms with Crippen molar-refractivity contribution in [2.75, 3.05) is 0 Å². The van der Waals surface area contributed by atoms with Gasteiger partial charge in [0, 0.05) is 24.1 Å². The Hall–Kier alpha value is -1.45. The van der Waals surface area contributed by atoms with Gasteiger partial charge in [-0.15, -0.1) is 0 Å². The fourth-order valence-corrected chi connectivity index (χ4v) is 1.90. The van der Waals surface area contributed by atoms with Crippen molar-refractivity contribution >= 4 is 10.9 Å². The molecule has 0 radical (unpaired) electrons. The van der Waals surface area contributed by atoms with E-state index >= 15 is 0 Å². The first-order valence-corrected chi connectivity index (χ1v) is 5.08. The minimum Gasteiger partial charge on any atom is -0.351 e. The van der Waals surface area contributed by atoms with Gasteiger partial charge in [-0.25, -0.2) is 0 Å². The molecule has 0 amide bonds. The molecule has 0 saturated carbocycles. The largest absolute Gasteiger partial charge is 0.416 e. The summed E-state index contributed by atoms with van der Waals surface area (Å²) in [6.45, 7) is 1.86. The van der Waals surface area contributed by atoms with Gasteiger partial charge in [0.15, 0.2) is 0 Å². The number of halogens is 3. The van der Waals surface area contributed by atoms with Crippen LogP contribution < -0.4 is 0 Å². The van der Waals surface area contributed by atoms with Crippen LogP contribution in [0.3, 0.4) is 0 Å². The predicted octanol–water partition coefficient (Wildman–Crippen LogP) is 3.76. The zero-order valence-electron chi connectivity index (χ0n) is 9.10. The number of nitrogens with zero attached hydrogens (tertiary/aromatic N) is 1. The molecule has 0 bridgehead atoms. The molecule has 0 unspecified atom stereocenters. The Labute approximate surface area is 91.5 Å². The predicted molar refractivity (Wildman–Crippen MR) is 57.3 cm³/mol. The third kappa shape index (κ3) is 1.68. The molecule has 0 N–H and O–H groups in total. The van der Waals surface area contributed by atoms with Gasteiger partial charge in [0.1, 0.15) is 0 Å². The Bertz CT molecular complexity index is 523. The van der Waals surface area contributed by atoms with Gasteiger partial charge < -0.3 is 4.57 Å². The van der Waals surface area contributed by atoms with E-state index in [0.717, 1.165) is 10.9 Å². The van der Waals surface area contributed by atoms with Crippen LogP contribution in [-0.4, -0.2) is 4.57 Å². The smallest absolute Gasteiger partial charge is 0.351 e. The summed E-state index contributed by atoms with van der Waals surface area (Å²) >= 11 is 0. The van der Waals surface area contributed by atoms with E-state index in [0.29, 0.717) is 11.9 Å². The Balaban J connectivity index is 2.76. The molecule has 0 aliphatic rings. The molecule has 2 aromatic rings. The molecule has 0 atom stereocenters. The van der Waals surface area contributed by atoms with Crippen LogP contribution in [0, 0.1) is 0 Å². The molecule has 16 heavy (non-hydrogen) atoms. The highest BCUT2D eigenvalue weighted by atomic mass is 19.4. The Kier molecular flexibility index (Phi) is 2.45. The van der Waals surface area contributed by atoms with Crippen molar-refractivity contribution < 1.29 is 13.2 Å². The number of aromatic nitrogens is 1. The molecule has 1 heterocycles. The van der Waals surface area contributed by atoms with Gasteiger partial charge in [0.05, 0.1) is 5.56 Å². The van der Waals surface area contributed by atoms with E-state index in [1.54, 1.807) is 17.8 Å². The Morgan fingerprint density at radius 3 is 2.50 bits per heavy atom. The highest BCUT2D eigenvalue weighted by molar-refractivity contribution is 5.84. The molecule has 4 heteroatoms. The van der Waals surface area contributed by atoms with Gasteiger partial charge >= 0.3 is 6.18 Å². The lowest BCUT2D eigenvalue weighted by molar-refractivity contribution is -0.137. The van der Waals surface area contributed by atoms with Crippen LogP contribution in [0.4, 0.5) is 13.2 Å². The van der Waals surface area contributed by atoms with E-state index in [1.807, 2.05) is 13.0 Å². The highest BCUT2D eigenvalue weighted by Crippen LogP contribution is 2.33. The molecule has 0 spiro atoms. The highest BCUT2D eigenvalue weighted by Gasteiger charge is 2.31. The van der Waals surface area contributed by atoms with Crippen molar-refractivity contribution in [1.82, 2.24) is 4.57 Å². The monoisotopic (exact) mass is 227 g/mol. The van der Waals surface area contributed by atoms with Crippen molar-refractivity contribution in [3.05, 3.63) is 35.5 Å². The van der Waals surface area contributed by atoms with Gasteiger partial charge in [-0.05, 0) is 30.2 Å². The van der Waals surface area contributed by atoms with Crippen LogP contribution >= 0.6 is 0 Å². The second-order valence-electron chi connectivity index (χ2n) is 3.85. The van der Waals surface area contributed by atoms with Crippen molar-refractivity contribution in [3.8, 4) is 0 Å². The number of hydrogen-bond acceptors (Lipinski definition) is 0. The number of benzene rings is 1. The summed E-state index contributed by atoms with van der Waals surface area (Å²) in [6, 6.07) is 4.30. The normalized spacial score (nSPS) is 12.3. The second-order valence-corrected chi connectivity index (χ2v) is 3.85. The van der Waals surface area contributed by atoms with E-state index in [4.69, 9.17) is 0 Å². The minimum atomic E-state index is -4.28. The number of aryl methyl sites for hydroxylation is 2. The second kappa shape index (κ2) is 3.54. The maximum absolute atomic E-state index is 12.7. The molecule has 1 aromatic heterocycles. The van der Waals surface area contributed by atoms with Gasteiger partial charge in [0.2, 0.25) is 0 Å². The van der Waals surface area contributed by atoms with Gasteiger partial charge in [-0.2, -0.15) is 13.2 Å². The summed E-state index contributed by atoms with van der Waals surface area (Å²) in [7, 11) is 1.75. The fraction of sp³-hybridized carbons (Fsp3) is 0.333.